The molecule has 90 valence electrons. The van der Waals surface area contributed by atoms with Crippen LogP contribution in [0.3, 0.4) is 0 Å². The second kappa shape index (κ2) is 4.42. The van der Waals surface area contributed by atoms with Crippen LogP contribution in [-0.2, 0) is 6.54 Å². The molecule has 18 heavy (non-hydrogen) atoms. The van der Waals surface area contributed by atoms with Gasteiger partial charge in [-0.15, -0.1) is 0 Å². The summed E-state index contributed by atoms with van der Waals surface area (Å²) in [4.78, 5) is 4.41. The van der Waals surface area contributed by atoms with E-state index in [2.05, 4.69) is 26.0 Å². The molecule has 0 atom stereocenters. The zero-order chi connectivity index (χ0) is 12.5. The maximum atomic E-state index is 5.95. The van der Waals surface area contributed by atoms with Crippen LogP contribution in [0.2, 0.25) is 0 Å². The number of nitrogens with two attached hydrogens (primary N) is 1. The third-order valence-electron chi connectivity index (χ3n) is 2.82. The van der Waals surface area contributed by atoms with Gasteiger partial charge in [-0.2, -0.15) is 5.10 Å². The van der Waals surface area contributed by atoms with E-state index in [9.17, 15) is 0 Å². The Kier molecular flexibility index (Phi) is 2.76. The highest BCUT2D eigenvalue weighted by molar-refractivity contribution is 9.10. The van der Waals surface area contributed by atoms with Crippen LogP contribution >= 0.6 is 15.9 Å². The van der Waals surface area contributed by atoms with Crippen LogP contribution < -0.4 is 5.73 Å². The molecule has 3 rings (SSSR count). The van der Waals surface area contributed by atoms with Crippen molar-refractivity contribution in [3.63, 3.8) is 0 Å². The Bertz CT molecular complexity index is 705. The van der Waals surface area contributed by atoms with E-state index in [-0.39, 0.29) is 0 Å². The number of nitrogens with zero attached hydrogens (tertiary/aromatic N) is 3. The van der Waals surface area contributed by atoms with Crippen molar-refractivity contribution < 1.29 is 0 Å². The third kappa shape index (κ3) is 1.97. The van der Waals surface area contributed by atoms with Crippen molar-refractivity contribution in [3.8, 4) is 0 Å². The Labute approximate surface area is 113 Å². The lowest BCUT2D eigenvalue weighted by Gasteiger charge is -2.07. The number of halogens is 1. The van der Waals surface area contributed by atoms with Gasteiger partial charge in [-0.3, -0.25) is 9.67 Å². The van der Waals surface area contributed by atoms with E-state index in [1.165, 1.54) is 0 Å². The second-order valence-corrected chi connectivity index (χ2v) is 4.99. The summed E-state index contributed by atoms with van der Waals surface area (Å²) >= 11 is 3.39. The minimum Gasteiger partial charge on any atom is -0.398 e. The zero-order valence-electron chi connectivity index (χ0n) is 9.55. The number of benzene rings is 1. The monoisotopic (exact) mass is 302 g/mol. The molecule has 0 radical (unpaired) electrons. The van der Waals surface area contributed by atoms with E-state index in [1.807, 2.05) is 35.1 Å². The molecule has 3 aromatic rings. The maximum Gasteiger partial charge on any atom is 0.0773 e. The minimum atomic E-state index is 0.680. The molecule has 0 unspecified atom stereocenters. The quantitative estimate of drug-likeness (QED) is 0.741. The van der Waals surface area contributed by atoms with Gasteiger partial charge in [0, 0.05) is 23.5 Å². The average molecular weight is 303 g/mol. The molecule has 4 nitrogen and oxygen atoms in total. The van der Waals surface area contributed by atoms with Crippen molar-refractivity contribution in [2.75, 3.05) is 5.73 Å². The first-order chi connectivity index (χ1) is 8.74. The number of fused-ring (bicyclic) bond motifs is 1. The van der Waals surface area contributed by atoms with Gasteiger partial charge in [0.05, 0.1) is 22.7 Å². The van der Waals surface area contributed by atoms with Crippen LogP contribution in [0.4, 0.5) is 5.69 Å². The normalized spacial score (nSPS) is 10.9. The number of aromatic nitrogens is 3. The first-order valence-electron chi connectivity index (χ1n) is 5.54. The van der Waals surface area contributed by atoms with Crippen LogP contribution in [0.1, 0.15) is 5.56 Å². The summed E-state index contributed by atoms with van der Waals surface area (Å²) in [6, 6.07) is 7.80. The highest BCUT2D eigenvalue weighted by Gasteiger charge is 2.06. The summed E-state index contributed by atoms with van der Waals surface area (Å²) in [7, 11) is 0. The summed E-state index contributed by atoms with van der Waals surface area (Å²) < 4.78 is 2.83. The summed E-state index contributed by atoms with van der Waals surface area (Å²) in [6.07, 6.45) is 5.49. The van der Waals surface area contributed by atoms with Gasteiger partial charge in [0.1, 0.15) is 0 Å². The third-order valence-corrected chi connectivity index (χ3v) is 3.23. The molecule has 0 spiro atoms. The molecule has 5 heteroatoms. The maximum absolute atomic E-state index is 5.95. The first kappa shape index (κ1) is 11.2. The van der Waals surface area contributed by atoms with Crippen LogP contribution in [0.15, 0.2) is 47.3 Å². The largest absolute Gasteiger partial charge is 0.398 e. The highest BCUT2D eigenvalue weighted by atomic mass is 79.9. The molecular formula is C13H11BrN4. The van der Waals surface area contributed by atoms with Gasteiger partial charge in [0.15, 0.2) is 0 Å². The number of pyridine rings is 1. The van der Waals surface area contributed by atoms with Crippen LogP contribution in [0.5, 0.6) is 0 Å². The molecule has 1 aromatic carbocycles. The Hall–Kier alpha value is -1.88. The van der Waals surface area contributed by atoms with E-state index in [4.69, 9.17) is 5.73 Å². The lowest BCUT2D eigenvalue weighted by molar-refractivity contribution is 0.689. The Morgan fingerprint density at radius 3 is 2.94 bits per heavy atom. The van der Waals surface area contributed by atoms with Crippen LogP contribution in [-0.4, -0.2) is 14.8 Å². The van der Waals surface area contributed by atoms with Gasteiger partial charge < -0.3 is 5.73 Å². The molecule has 0 saturated carbocycles. The minimum absolute atomic E-state index is 0.680. The van der Waals surface area contributed by atoms with Crippen molar-refractivity contribution in [1.29, 1.82) is 0 Å². The van der Waals surface area contributed by atoms with Gasteiger partial charge in [-0.05, 0) is 39.7 Å². The molecule has 0 aliphatic rings. The molecule has 0 aliphatic carbocycles. The molecule has 2 aromatic heterocycles. The summed E-state index contributed by atoms with van der Waals surface area (Å²) in [5, 5.41) is 5.24. The number of hydrogen-bond donors (Lipinski definition) is 1. The topological polar surface area (TPSA) is 56.7 Å². The van der Waals surface area contributed by atoms with E-state index in [1.54, 1.807) is 12.4 Å². The van der Waals surface area contributed by atoms with Crippen molar-refractivity contribution >= 4 is 32.5 Å². The van der Waals surface area contributed by atoms with E-state index >= 15 is 0 Å². The van der Waals surface area contributed by atoms with Gasteiger partial charge in [0.25, 0.3) is 0 Å². The molecule has 0 fully saturated rings. The van der Waals surface area contributed by atoms with Crippen LogP contribution in [0.25, 0.3) is 10.9 Å². The van der Waals surface area contributed by atoms with E-state index in [0.29, 0.717) is 6.54 Å². The van der Waals surface area contributed by atoms with E-state index in [0.717, 1.165) is 26.6 Å². The zero-order valence-corrected chi connectivity index (χ0v) is 11.1. The fourth-order valence-corrected chi connectivity index (χ4v) is 2.31. The van der Waals surface area contributed by atoms with Crippen molar-refractivity contribution in [2.45, 2.75) is 6.54 Å². The predicted molar refractivity (Wildman–Crippen MR) is 75.2 cm³/mol. The van der Waals surface area contributed by atoms with Crippen molar-refractivity contribution in [1.82, 2.24) is 14.8 Å². The molecular weight excluding hydrogens is 292 g/mol. The molecule has 0 bridgehead atoms. The van der Waals surface area contributed by atoms with Crippen LogP contribution in [0, 0.1) is 0 Å². The summed E-state index contributed by atoms with van der Waals surface area (Å²) in [5.74, 6) is 0. The Morgan fingerprint density at radius 1 is 1.28 bits per heavy atom. The molecule has 0 saturated heterocycles. The molecule has 0 amide bonds. The summed E-state index contributed by atoms with van der Waals surface area (Å²) in [6.45, 7) is 0.680. The fraction of sp³-hybridized carbons (Fsp3) is 0.0769. The van der Waals surface area contributed by atoms with Gasteiger partial charge in [-0.25, -0.2) is 0 Å². The fourth-order valence-electron chi connectivity index (χ4n) is 1.98. The SMILES string of the molecule is Nc1ccc(Cn2cc(Br)cn2)c2ncccc12. The Morgan fingerprint density at radius 2 is 2.17 bits per heavy atom. The van der Waals surface area contributed by atoms with Gasteiger partial charge in [-0.1, -0.05) is 6.07 Å². The first-order valence-corrected chi connectivity index (χ1v) is 6.33. The lowest BCUT2D eigenvalue weighted by atomic mass is 10.1. The van der Waals surface area contributed by atoms with E-state index < -0.39 is 0 Å². The standard InChI is InChI=1S/C13H11BrN4/c14-10-6-17-18(8-10)7-9-3-4-12(15)11-2-1-5-16-13(9)11/h1-6,8H,7,15H2. The number of nitrogen functional groups attached to an aromatic ring is 1. The summed E-state index contributed by atoms with van der Waals surface area (Å²) in [5.41, 5.74) is 8.75. The molecule has 0 aliphatic heterocycles. The van der Waals surface area contributed by atoms with Gasteiger partial charge >= 0.3 is 0 Å². The average Bonchev–Trinajstić information content (AvgIpc) is 2.79. The van der Waals surface area contributed by atoms with Gasteiger partial charge in [0.2, 0.25) is 0 Å². The number of anilines is 1. The predicted octanol–water partition coefficient (Wildman–Crippen LogP) is 2.82. The smallest absolute Gasteiger partial charge is 0.0773 e. The Balaban J connectivity index is 2.09. The lowest BCUT2D eigenvalue weighted by Crippen LogP contribution is -2.02. The second-order valence-electron chi connectivity index (χ2n) is 4.07. The number of rotatable bonds is 2. The molecule has 2 N–H and O–H groups in total. The number of hydrogen-bond acceptors (Lipinski definition) is 3. The highest BCUT2D eigenvalue weighted by Crippen LogP contribution is 2.23. The molecule has 2 heterocycles. The van der Waals surface area contributed by atoms with Crippen molar-refractivity contribution in [2.24, 2.45) is 0 Å². The van der Waals surface area contributed by atoms with Crippen molar-refractivity contribution in [3.05, 3.63) is 52.9 Å².